The van der Waals surface area contributed by atoms with Crippen LogP contribution in [0.4, 0.5) is 0 Å². The zero-order chi connectivity index (χ0) is 20.1. The number of benzene rings is 1. The van der Waals surface area contributed by atoms with Gasteiger partial charge in [0, 0.05) is 30.7 Å². The Kier molecular flexibility index (Phi) is 6.71. The van der Waals surface area contributed by atoms with Crippen LogP contribution in [0.3, 0.4) is 0 Å². The Hall–Kier alpha value is -1.94. The molecule has 0 saturated carbocycles. The van der Waals surface area contributed by atoms with E-state index in [2.05, 4.69) is 10.6 Å². The first-order valence-electron chi connectivity index (χ1n) is 8.74. The van der Waals surface area contributed by atoms with Crippen molar-refractivity contribution in [1.29, 1.82) is 0 Å². The lowest BCUT2D eigenvalue weighted by Crippen LogP contribution is -2.46. The molecule has 1 aromatic heterocycles. The quantitative estimate of drug-likeness (QED) is 0.670. The molecule has 1 aliphatic heterocycles. The molecule has 1 aromatic carbocycles. The van der Waals surface area contributed by atoms with Crippen molar-refractivity contribution in [3.63, 3.8) is 0 Å². The Balaban J connectivity index is 1.51. The van der Waals surface area contributed by atoms with Crippen molar-refractivity contribution in [3.05, 3.63) is 52.4 Å². The van der Waals surface area contributed by atoms with Gasteiger partial charge in [-0.3, -0.25) is 9.59 Å². The highest BCUT2D eigenvalue weighted by Gasteiger charge is 2.36. The Morgan fingerprint density at radius 3 is 2.54 bits per heavy atom. The lowest BCUT2D eigenvalue weighted by Gasteiger charge is -2.23. The van der Waals surface area contributed by atoms with Crippen molar-refractivity contribution < 1.29 is 18.0 Å². The summed E-state index contributed by atoms with van der Waals surface area (Å²) >= 11 is 6.97. The van der Waals surface area contributed by atoms with Gasteiger partial charge >= 0.3 is 11.8 Å². The second-order valence-electron chi connectivity index (χ2n) is 6.36. The summed E-state index contributed by atoms with van der Waals surface area (Å²) in [7, 11) is -3.57. The predicted molar refractivity (Wildman–Crippen MR) is 108 cm³/mol. The number of rotatable bonds is 6. The monoisotopic (exact) mass is 441 g/mol. The molecule has 3 rings (SSSR count). The number of carbonyl (C=O) groups excluding carboxylic acids is 2. The van der Waals surface area contributed by atoms with Crippen molar-refractivity contribution in [2.75, 3.05) is 13.1 Å². The normalized spacial score (nSPS) is 17.4. The molecule has 0 radical (unpaired) electrons. The zero-order valence-electron chi connectivity index (χ0n) is 14.9. The summed E-state index contributed by atoms with van der Waals surface area (Å²) in [5.74, 6) is -1.55. The molecule has 0 bridgehead atoms. The smallest absolute Gasteiger partial charge is 0.309 e. The van der Waals surface area contributed by atoms with Crippen molar-refractivity contribution in [3.8, 4) is 0 Å². The molecular formula is C18H20ClN3O4S2. The predicted octanol–water partition coefficient (Wildman–Crippen LogP) is 1.99. The maximum Gasteiger partial charge on any atom is 0.309 e. The second-order valence-corrected chi connectivity index (χ2v) is 9.86. The zero-order valence-corrected chi connectivity index (χ0v) is 17.3. The number of sulfonamides is 1. The van der Waals surface area contributed by atoms with Crippen molar-refractivity contribution >= 4 is 44.8 Å². The molecule has 1 fully saturated rings. The van der Waals surface area contributed by atoms with E-state index < -0.39 is 21.8 Å². The van der Waals surface area contributed by atoms with Gasteiger partial charge < -0.3 is 10.6 Å². The van der Waals surface area contributed by atoms with Crippen LogP contribution in [0.25, 0.3) is 0 Å². The van der Waals surface area contributed by atoms with Gasteiger partial charge in [-0.2, -0.15) is 4.31 Å². The van der Waals surface area contributed by atoms with Gasteiger partial charge in [-0.25, -0.2) is 8.42 Å². The standard InChI is InChI=1S/C18H20ClN3O4S2/c19-14-7-5-13(6-8-14)11-20-17(23)18(24)21-12-15-3-1-9-22(15)28(25,26)16-4-2-10-27-16/h2,4-8,10,15H,1,3,9,11-12H2,(H,20,23)(H,21,24)/t15-/m0/s1. The fraction of sp³-hybridized carbons (Fsp3) is 0.333. The number of carbonyl (C=O) groups is 2. The van der Waals surface area contributed by atoms with Crippen LogP contribution in [-0.2, 0) is 26.2 Å². The highest BCUT2D eigenvalue weighted by Crippen LogP contribution is 2.28. The number of thiophene rings is 1. The first kappa shape index (κ1) is 20.8. The number of nitrogens with zero attached hydrogens (tertiary/aromatic N) is 1. The van der Waals surface area contributed by atoms with Crippen LogP contribution in [0.15, 0.2) is 46.0 Å². The molecule has 0 unspecified atom stereocenters. The maximum atomic E-state index is 12.7. The van der Waals surface area contributed by atoms with Crippen molar-refractivity contribution in [2.45, 2.75) is 29.6 Å². The molecule has 1 atom stereocenters. The molecule has 1 aliphatic rings. The Morgan fingerprint density at radius 1 is 1.14 bits per heavy atom. The summed E-state index contributed by atoms with van der Waals surface area (Å²) < 4.78 is 27.1. The molecule has 150 valence electrons. The fourth-order valence-electron chi connectivity index (χ4n) is 3.01. The number of hydrogen-bond acceptors (Lipinski definition) is 5. The third-order valence-corrected chi connectivity index (χ3v) is 8.03. The molecule has 2 N–H and O–H groups in total. The van der Waals surface area contributed by atoms with Crippen LogP contribution >= 0.6 is 22.9 Å². The van der Waals surface area contributed by atoms with Gasteiger partial charge in [-0.05, 0) is 42.0 Å². The lowest BCUT2D eigenvalue weighted by molar-refractivity contribution is -0.139. The molecule has 10 heteroatoms. The Labute approximate surface area is 172 Å². The van der Waals surface area contributed by atoms with E-state index in [0.29, 0.717) is 24.4 Å². The van der Waals surface area contributed by atoms with Crippen LogP contribution in [0.2, 0.25) is 5.02 Å². The SMILES string of the molecule is O=C(NCc1ccc(Cl)cc1)C(=O)NC[C@@H]1CCCN1S(=O)(=O)c1cccs1. The summed E-state index contributed by atoms with van der Waals surface area (Å²) in [5.41, 5.74) is 0.814. The highest BCUT2D eigenvalue weighted by molar-refractivity contribution is 7.91. The Bertz CT molecular complexity index is 930. The van der Waals surface area contributed by atoms with E-state index in [1.165, 1.54) is 4.31 Å². The van der Waals surface area contributed by atoms with E-state index in [9.17, 15) is 18.0 Å². The Morgan fingerprint density at radius 2 is 1.86 bits per heavy atom. The van der Waals surface area contributed by atoms with Gasteiger partial charge in [-0.1, -0.05) is 29.8 Å². The molecule has 7 nitrogen and oxygen atoms in total. The largest absolute Gasteiger partial charge is 0.346 e. The number of halogens is 1. The van der Waals surface area contributed by atoms with E-state index in [1.807, 2.05) is 0 Å². The molecule has 2 aromatic rings. The minimum atomic E-state index is -3.57. The second kappa shape index (κ2) is 9.04. The summed E-state index contributed by atoms with van der Waals surface area (Å²) in [6.45, 7) is 0.701. The van der Waals surface area contributed by atoms with Gasteiger partial charge in [0.2, 0.25) is 0 Å². The van der Waals surface area contributed by atoms with Crippen LogP contribution in [0.1, 0.15) is 18.4 Å². The summed E-state index contributed by atoms with van der Waals surface area (Å²) in [6, 6.07) is 9.81. The van der Waals surface area contributed by atoms with Gasteiger partial charge in [0.1, 0.15) is 4.21 Å². The number of amides is 2. The van der Waals surface area contributed by atoms with E-state index >= 15 is 0 Å². The molecular weight excluding hydrogens is 422 g/mol. The van der Waals surface area contributed by atoms with E-state index in [-0.39, 0.29) is 23.3 Å². The summed E-state index contributed by atoms with van der Waals surface area (Å²) in [4.78, 5) is 24.0. The molecule has 0 spiro atoms. The van der Waals surface area contributed by atoms with E-state index in [4.69, 9.17) is 11.6 Å². The average molecular weight is 442 g/mol. The van der Waals surface area contributed by atoms with Crippen LogP contribution in [0.5, 0.6) is 0 Å². The van der Waals surface area contributed by atoms with E-state index in [0.717, 1.165) is 16.9 Å². The highest BCUT2D eigenvalue weighted by atomic mass is 35.5. The van der Waals surface area contributed by atoms with Crippen molar-refractivity contribution in [1.82, 2.24) is 14.9 Å². The fourth-order valence-corrected chi connectivity index (χ4v) is 5.95. The molecule has 2 amide bonds. The molecule has 1 saturated heterocycles. The van der Waals surface area contributed by atoms with Crippen LogP contribution in [-0.4, -0.2) is 43.7 Å². The van der Waals surface area contributed by atoms with Crippen LogP contribution < -0.4 is 10.6 Å². The lowest BCUT2D eigenvalue weighted by atomic mass is 10.2. The van der Waals surface area contributed by atoms with Crippen molar-refractivity contribution in [2.24, 2.45) is 0 Å². The third-order valence-electron chi connectivity index (χ3n) is 4.45. The third kappa shape index (κ3) is 4.91. The number of hydrogen-bond donors (Lipinski definition) is 2. The van der Waals surface area contributed by atoms with Gasteiger partial charge in [0.05, 0.1) is 0 Å². The molecule has 2 heterocycles. The van der Waals surface area contributed by atoms with Gasteiger partial charge in [0.15, 0.2) is 0 Å². The maximum absolute atomic E-state index is 12.7. The first-order valence-corrected chi connectivity index (χ1v) is 11.4. The van der Waals surface area contributed by atoms with Gasteiger partial charge in [0.25, 0.3) is 10.0 Å². The molecule has 28 heavy (non-hydrogen) atoms. The van der Waals surface area contributed by atoms with E-state index in [1.54, 1.807) is 41.8 Å². The minimum Gasteiger partial charge on any atom is -0.346 e. The van der Waals surface area contributed by atoms with Gasteiger partial charge in [-0.15, -0.1) is 11.3 Å². The first-order chi connectivity index (χ1) is 13.4. The average Bonchev–Trinajstić information content (AvgIpc) is 3.37. The summed E-state index contributed by atoms with van der Waals surface area (Å²) in [6.07, 6.45) is 1.35. The number of nitrogens with one attached hydrogen (secondary N) is 2. The topological polar surface area (TPSA) is 95.6 Å². The molecule has 0 aliphatic carbocycles. The minimum absolute atomic E-state index is 0.0950. The van der Waals surface area contributed by atoms with Crippen LogP contribution in [0, 0.1) is 0 Å². The summed E-state index contributed by atoms with van der Waals surface area (Å²) in [5, 5.41) is 7.38.